The molecule has 0 saturated carbocycles. The number of hydrogen-bond donors (Lipinski definition) is 1. The molecule has 4 aromatic carbocycles. The fourth-order valence-electron chi connectivity index (χ4n) is 3.88. The highest BCUT2D eigenvalue weighted by Crippen LogP contribution is 2.27. The average molecular weight is 522 g/mol. The summed E-state index contributed by atoms with van der Waals surface area (Å²) in [5, 5.41) is 2.68. The van der Waals surface area contributed by atoms with Crippen molar-refractivity contribution in [2.24, 2.45) is 4.99 Å². The maximum Gasteiger partial charge on any atom is 0.279 e. The summed E-state index contributed by atoms with van der Waals surface area (Å²) in [4.78, 5) is 18.2. The number of halogens is 1. The number of aryl methyl sites for hydroxylation is 1. The number of nitrogens with one attached hydrogen (secondary N) is 1. The molecule has 1 heterocycles. The van der Waals surface area contributed by atoms with Gasteiger partial charge in [0.1, 0.15) is 0 Å². The number of hydrogen-bond acceptors (Lipinski definition) is 4. The molecule has 1 amide bonds. The molecule has 0 spiro atoms. The van der Waals surface area contributed by atoms with Crippen LogP contribution in [0.4, 0.5) is 5.69 Å². The summed E-state index contributed by atoms with van der Waals surface area (Å²) in [6.45, 7) is 2.67. The van der Waals surface area contributed by atoms with E-state index in [0.717, 1.165) is 21.0 Å². The fourth-order valence-corrected chi connectivity index (χ4v) is 6.29. The molecule has 0 radical (unpaired) electrons. The second-order valence-electron chi connectivity index (χ2n) is 7.82. The third-order valence-electron chi connectivity index (χ3n) is 5.57. The van der Waals surface area contributed by atoms with Crippen LogP contribution in [-0.2, 0) is 16.6 Å². The molecule has 9 heteroatoms. The SMILES string of the molecule is CCn1c(=NC(=O)c2cccc(NS(=O)(=O)c3ccc(Cl)cc3)c2)sc2c3ccccc3ccc21. The number of amides is 1. The van der Waals surface area contributed by atoms with Crippen molar-refractivity contribution in [3.63, 3.8) is 0 Å². The predicted octanol–water partition coefficient (Wildman–Crippen LogP) is 6.07. The van der Waals surface area contributed by atoms with E-state index in [1.165, 1.54) is 41.7 Å². The van der Waals surface area contributed by atoms with E-state index in [2.05, 4.69) is 27.9 Å². The highest BCUT2D eigenvalue weighted by molar-refractivity contribution is 7.92. The number of carbonyl (C=O) groups is 1. The molecule has 6 nitrogen and oxygen atoms in total. The Kier molecular flexibility index (Phi) is 6.19. The van der Waals surface area contributed by atoms with Gasteiger partial charge in [-0.05, 0) is 60.8 Å². The van der Waals surface area contributed by atoms with Crippen LogP contribution in [0.2, 0.25) is 5.02 Å². The zero-order valence-corrected chi connectivity index (χ0v) is 21.0. The van der Waals surface area contributed by atoms with E-state index in [4.69, 9.17) is 11.6 Å². The van der Waals surface area contributed by atoms with E-state index in [-0.39, 0.29) is 16.1 Å². The average Bonchev–Trinajstić information content (AvgIpc) is 3.21. The van der Waals surface area contributed by atoms with Gasteiger partial charge in [-0.25, -0.2) is 8.42 Å². The molecule has 1 N–H and O–H groups in total. The van der Waals surface area contributed by atoms with E-state index in [0.29, 0.717) is 16.4 Å². The maximum atomic E-state index is 13.1. The summed E-state index contributed by atoms with van der Waals surface area (Å²) in [5.74, 6) is -0.449. The van der Waals surface area contributed by atoms with E-state index < -0.39 is 15.9 Å². The lowest BCUT2D eigenvalue weighted by Gasteiger charge is -2.09. The van der Waals surface area contributed by atoms with Crippen molar-refractivity contribution >= 4 is 65.5 Å². The van der Waals surface area contributed by atoms with Gasteiger partial charge in [0.25, 0.3) is 15.9 Å². The van der Waals surface area contributed by atoms with Crippen LogP contribution >= 0.6 is 22.9 Å². The van der Waals surface area contributed by atoms with Gasteiger partial charge in [-0.15, -0.1) is 0 Å². The lowest BCUT2D eigenvalue weighted by molar-refractivity contribution is 0.0998. The number of fused-ring (bicyclic) bond motifs is 3. The normalized spacial score (nSPS) is 12.3. The summed E-state index contributed by atoms with van der Waals surface area (Å²) in [5.41, 5.74) is 1.57. The van der Waals surface area contributed by atoms with Crippen molar-refractivity contribution in [3.8, 4) is 0 Å². The Morgan fingerprint density at radius 2 is 1.77 bits per heavy atom. The van der Waals surface area contributed by atoms with Gasteiger partial charge in [-0.1, -0.05) is 59.3 Å². The smallest absolute Gasteiger partial charge is 0.279 e. The quantitative estimate of drug-likeness (QED) is 0.305. The second-order valence-corrected chi connectivity index (χ2v) is 10.9. The molecule has 0 aliphatic rings. The molecule has 5 aromatic rings. The molecule has 0 aliphatic heterocycles. The predicted molar refractivity (Wildman–Crippen MR) is 142 cm³/mol. The van der Waals surface area contributed by atoms with Gasteiger partial charge in [0, 0.05) is 28.2 Å². The van der Waals surface area contributed by atoms with Crippen molar-refractivity contribution in [3.05, 3.63) is 100 Å². The minimum Gasteiger partial charge on any atom is -0.317 e. The third-order valence-corrected chi connectivity index (χ3v) is 8.35. The van der Waals surface area contributed by atoms with Crippen molar-refractivity contribution in [2.75, 3.05) is 4.72 Å². The first-order valence-electron chi connectivity index (χ1n) is 10.8. The number of rotatable bonds is 5. The van der Waals surface area contributed by atoms with Gasteiger partial charge < -0.3 is 4.57 Å². The van der Waals surface area contributed by atoms with Crippen LogP contribution in [0.15, 0.2) is 94.8 Å². The molecular formula is C26H20ClN3O3S2. The van der Waals surface area contributed by atoms with Crippen molar-refractivity contribution in [1.29, 1.82) is 0 Å². The van der Waals surface area contributed by atoms with Crippen LogP contribution in [-0.4, -0.2) is 18.9 Å². The molecule has 0 saturated heterocycles. The van der Waals surface area contributed by atoms with Crippen LogP contribution in [0.1, 0.15) is 17.3 Å². The van der Waals surface area contributed by atoms with Gasteiger partial charge in [0.15, 0.2) is 4.80 Å². The Labute approximate surface area is 211 Å². The molecule has 1 aromatic heterocycles. The van der Waals surface area contributed by atoms with Gasteiger partial charge in [-0.3, -0.25) is 9.52 Å². The topological polar surface area (TPSA) is 80.5 Å². The summed E-state index contributed by atoms with van der Waals surface area (Å²) < 4.78 is 31.0. The highest BCUT2D eigenvalue weighted by atomic mass is 35.5. The van der Waals surface area contributed by atoms with Crippen LogP contribution in [0.3, 0.4) is 0 Å². The van der Waals surface area contributed by atoms with E-state index in [1.54, 1.807) is 18.2 Å². The zero-order valence-electron chi connectivity index (χ0n) is 18.6. The molecule has 5 rings (SSSR count). The van der Waals surface area contributed by atoms with Crippen LogP contribution < -0.4 is 9.52 Å². The largest absolute Gasteiger partial charge is 0.317 e. The third kappa shape index (κ3) is 4.60. The first kappa shape index (κ1) is 23.3. The van der Waals surface area contributed by atoms with Gasteiger partial charge in [0.2, 0.25) is 0 Å². The summed E-state index contributed by atoms with van der Waals surface area (Å²) in [6.07, 6.45) is 0. The Bertz CT molecular complexity index is 1750. The first-order chi connectivity index (χ1) is 16.9. The van der Waals surface area contributed by atoms with Gasteiger partial charge in [0.05, 0.1) is 15.1 Å². The molecule has 0 atom stereocenters. The molecule has 0 bridgehead atoms. The summed E-state index contributed by atoms with van der Waals surface area (Å²) in [7, 11) is -3.83. The van der Waals surface area contributed by atoms with Crippen LogP contribution in [0, 0.1) is 0 Å². The van der Waals surface area contributed by atoms with E-state index >= 15 is 0 Å². The van der Waals surface area contributed by atoms with Crippen LogP contribution in [0.25, 0.3) is 21.0 Å². The standard InChI is InChI=1S/C26H20ClN3O3S2/c1-2-30-23-15-10-17-6-3-4-9-22(17)24(23)34-26(30)28-25(31)18-7-5-8-20(16-18)29-35(32,33)21-13-11-19(27)12-14-21/h3-16,29H,2H2,1H3. The summed E-state index contributed by atoms with van der Waals surface area (Å²) in [6, 6.07) is 24.4. The molecule has 0 fully saturated rings. The minimum atomic E-state index is -3.83. The molecule has 176 valence electrons. The molecule has 35 heavy (non-hydrogen) atoms. The number of nitrogens with zero attached hydrogens (tertiary/aromatic N) is 2. The number of carbonyl (C=O) groups excluding carboxylic acids is 1. The zero-order chi connectivity index (χ0) is 24.6. The van der Waals surface area contributed by atoms with Crippen molar-refractivity contribution in [2.45, 2.75) is 18.4 Å². The van der Waals surface area contributed by atoms with Gasteiger partial charge >= 0.3 is 0 Å². The lowest BCUT2D eigenvalue weighted by Crippen LogP contribution is -2.16. The Hall–Kier alpha value is -3.46. The Balaban J connectivity index is 1.51. The number of benzene rings is 4. The number of thiazole rings is 1. The van der Waals surface area contributed by atoms with Crippen molar-refractivity contribution in [1.82, 2.24) is 4.57 Å². The maximum absolute atomic E-state index is 13.1. The molecular weight excluding hydrogens is 502 g/mol. The van der Waals surface area contributed by atoms with E-state index in [1.807, 2.05) is 29.7 Å². The van der Waals surface area contributed by atoms with Crippen LogP contribution in [0.5, 0.6) is 0 Å². The van der Waals surface area contributed by atoms with Crippen molar-refractivity contribution < 1.29 is 13.2 Å². The number of anilines is 1. The molecule has 0 aliphatic carbocycles. The number of sulfonamides is 1. The Morgan fingerprint density at radius 3 is 2.54 bits per heavy atom. The first-order valence-corrected chi connectivity index (χ1v) is 13.5. The fraction of sp³-hybridized carbons (Fsp3) is 0.0769. The second kappa shape index (κ2) is 9.30. The van der Waals surface area contributed by atoms with E-state index in [9.17, 15) is 13.2 Å². The lowest BCUT2D eigenvalue weighted by atomic mass is 10.1. The minimum absolute atomic E-state index is 0.0739. The van der Waals surface area contributed by atoms with Gasteiger partial charge in [-0.2, -0.15) is 4.99 Å². The molecule has 0 unspecified atom stereocenters. The Morgan fingerprint density at radius 1 is 1.00 bits per heavy atom. The summed E-state index contributed by atoms with van der Waals surface area (Å²) >= 11 is 7.32. The monoisotopic (exact) mass is 521 g/mol. The highest BCUT2D eigenvalue weighted by Gasteiger charge is 2.16. The number of aromatic nitrogens is 1.